The minimum absolute atomic E-state index is 0.0593. The van der Waals surface area contributed by atoms with Crippen molar-refractivity contribution in [1.29, 1.82) is 5.41 Å². The number of carbonyl (C=O) groups excluding carboxylic acids is 1. The standard InChI is InChI=1S/C12H14N2O/c1-6-5-9(12(13)14)8-3-4-10(15)11(8)7(6)2/h5H,3-4H2,1-2H3,(H3,13,14). The van der Waals surface area contributed by atoms with E-state index in [-0.39, 0.29) is 11.6 Å². The highest BCUT2D eigenvalue weighted by Crippen LogP contribution is 2.30. The quantitative estimate of drug-likeness (QED) is 0.537. The topological polar surface area (TPSA) is 66.9 Å². The van der Waals surface area contributed by atoms with E-state index in [1.165, 1.54) is 0 Å². The molecule has 3 heteroatoms. The Morgan fingerprint density at radius 2 is 2.07 bits per heavy atom. The van der Waals surface area contributed by atoms with Gasteiger partial charge in [-0.1, -0.05) is 0 Å². The van der Waals surface area contributed by atoms with Gasteiger partial charge in [-0.25, -0.2) is 0 Å². The molecule has 1 aliphatic rings. The third kappa shape index (κ3) is 1.35. The number of hydrogen-bond acceptors (Lipinski definition) is 2. The van der Waals surface area contributed by atoms with E-state index in [0.29, 0.717) is 6.42 Å². The predicted octanol–water partition coefficient (Wildman–Crippen LogP) is 1.72. The second kappa shape index (κ2) is 3.19. The van der Waals surface area contributed by atoms with Crippen LogP contribution in [0.15, 0.2) is 6.07 Å². The number of amidine groups is 1. The zero-order valence-corrected chi connectivity index (χ0v) is 8.98. The Labute approximate surface area is 88.8 Å². The number of benzene rings is 1. The molecule has 0 spiro atoms. The van der Waals surface area contributed by atoms with Crippen molar-refractivity contribution in [3.05, 3.63) is 33.9 Å². The Balaban J connectivity index is 2.78. The van der Waals surface area contributed by atoms with Crippen LogP contribution in [0.3, 0.4) is 0 Å². The van der Waals surface area contributed by atoms with E-state index in [1.807, 2.05) is 19.9 Å². The van der Waals surface area contributed by atoms with E-state index < -0.39 is 0 Å². The third-order valence-corrected chi connectivity index (χ3v) is 3.13. The smallest absolute Gasteiger partial charge is 0.163 e. The Morgan fingerprint density at radius 3 is 2.67 bits per heavy atom. The molecule has 3 N–H and O–H groups in total. The van der Waals surface area contributed by atoms with Crippen molar-refractivity contribution in [3.63, 3.8) is 0 Å². The van der Waals surface area contributed by atoms with E-state index >= 15 is 0 Å². The zero-order valence-electron chi connectivity index (χ0n) is 8.98. The summed E-state index contributed by atoms with van der Waals surface area (Å²) in [7, 11) is 0. The highest BCUT2D eigenvalue weighted by Gasteiger charge is 2.26. The maximum Gasteiger partial charge on any atom is 0.163 e. The van der Waals surface area contributed by atoms with Crippen LogP contribution in [0.25, 0.3) is 0 Å². The van der Waals surface area contributed by atoms with Crippen LogP contribution in [-0.4, -0.2) is 11.6 Å². The van der Waals surface area contributed by atoms with Gasteiger partial charge in [0.15, 0.2) is 5.78 Å². The first-order valence-electron chi connectivity index (χ1n) is 5.03. The summed E-state index contributed by atoms with van der Waals surface area (Å²) in [6, 6.07) is 1.91. The number of Topliss-reactive ketones (excluding diaryl/α,β-unsaturated/α-hetero) is 1. The molecule has 0 fully saturated rings. The van der Waals surface area contributed by atoms with Crippen LogP contribution < -0.4 is 5.73 Å². The van der Waals surface area contributed by atoms with Crippen LogP contribution in [0.1, 0.15) is 39.0 Å². The first-order chi connectivity index (χ1) is 7.02. The molecule has 2 rings (SSSR count). The van der Waals surface area contributed by atoms with Gasteiger partial charge in [-0.05, 0) is 43.0 Å². The highest BCUT2D eigenvalue weighted by atomic mass is 16.1. The van der Waals surface area contributed by atoms with Crippen LogP contribution in [0.5, 0.6) is 0 Å². The van der Waals surface area contributed by atoms with Gasteiger partial charge in [-0.15, -0.1) is 0 Å². The lowest BCUT2D eigenvalue weighted by atomic mass is 9.94. The first-order valence-corrected chi connectivity index (χ1v) is 5.03. The molecule has 3 nitrogen and oxygen atoms in total. The van der Waals surface area contributed by atoms with Gasteiger partial charge in [-0.2, -0.15) is 0 Å². The second-order valence-corrected chi connectivity index (χ2v) is 4.06. The normalized spacial score (nSPS) is 14.1. The molecule has 0 bridgehead atoms. The summed E-state index contributed by atoms with van der Waals surface area (Å²) in [6.45, 7) is 3.91. The second-order valence-electron chi connectivity index (χ2n) is 4.06. The maximum absolute atomic E-state index is 11.7. The molecule has 0 atom stereocenters. The number of hydrogen-bond donors (Lipinski definition) is 2. The molecule has 0 aromatic heterocycles. The van der Waals surface area contributed by atoms with Crippen molar-refractivity contribution in [2.45, 2.75) is 26.7 Å². The largest absolute Gasteiger partial charge is 0.384 e. The van der Waals surface area contributed by atoms with Crippen molar-refractivity contribution in [1.82, 2.24) is 0 Å². The van der Waals surface area contributed by atoms with Crippen LogP contribution in [0.4, 0.5) is 0 Å². The molecule has 0 saturated heterocycles. The fraction of sp³-hybridized carbons (Fsp3) is 0.333. The highest BCUT2D eigenvalue weighted by molar-refractivity contribution is 6.07. The molecule has 1 aromatic rings. The van der Waals surface area contributed by atoms with Gasteiger partial charge in [0.2, 0.25) is 0 Å². The van der Waals surface area contributed by atoms with Gasteiger partial charge < -0.3 is 5.73 Å². The number of fused-ring (bicyclic) bond motifs is 1. The number of nitrogens with two attached hydrogens (primary N) is 1. The number of rotatable bonds is 1. The minimum atomic E-state index is 0.0593. The Kier molecular flexibility index (Phi) is 2.11. The summed E-state index contributed by atoms with van der Waals surface area (Å²) < 4.78 is 0. The van der Waals surface area contributed by atoms with Crippen LogP contribution in [0.2, 0.25) is 0 Å². The Bertz CT molecular complexity index is 475. The van der Waals surface area contributed by atoms with E-state index in [9.17, 15) is 4.79 Å². The number of aryl methyl sites for hydroxylation is 1. The molecule has 1 aliphatic carbocycles. The number of carbonyl (C=O) groups is 1. The fourth-order valence-electron chi connectivity index (χ4n) is 2.21. The molecule has 0 heterocycles. The van der Waals surface area contributed by atoms with Crippen LogP contribution in [-0.2, 0) is 6.42 Å². The van der Waals surface area contributed by atoms with Gasteiger partial charge in [-0.3, -0.25) is 10.2 Å². The fourth-order valence-corrected chi connectivity index (χ4v) is 2.21. The lowest BCUT2D eigenvalue weighted by Crippen LogP contribution is -2.15. The average molecular weight is 202 g/mol. The van der Waals surface area contributed by atoms with Gasteiger partial charge in [0.25, 0.3) is 0 Å². The predicted molar refractivity (Wildman–Crippen MR) is 59.6 cm³/mol. The van der Waals surface area contributed by atoms with Crippen molar-refractivity contribution in [3.8, 4) is 0 Å². The molecular weight excluding hydrogens is 188 g/mol. The van der Waals surface area contributed by atoms with Gasteiger partial charge in [0.1, 0.15) is 5.84 Å². The van der Waals surface area contributed by atoms with Crippen molar-refractivity contribution < 1.29 is 4.79 Å². The van der Waals surface area contributed by atoms with E-state index in [0.717, 1.165) is 34.2 Å². The van der Waals surface area contributed by atoms with Gasteiger partial charge in [0.05, 0.1) is 0 Å². The number of ketones is 1. The van der Waals surface area contributed by atoms with E-state index in [4.69, 9.17) is 11.1 Å². The van der Waals surface area contributed by atoms with Crippen molar-refractivity contribution in [2.24, 2.45) is 5.73 Å². The van der Waals surface area contributed by atoms with E-state index in [1.54, 1.807) is 0 Å². The van der Waals surface area contributed by atoms with Crippen LogP contribution in [0, 0.1) is 19.3 Å². The minimum Gasteiger partial charge on any atom is -0.384 e. The molecule has 0 radical (unpaired) electrons. The van der Waals surface area contributed by atoms with Gasteiger partial charge >= 0.3 is 0 Å². The number of nitrogen functional groups attached to an aromatic ring is 1. The van der Waals surface area contributed by atoms with Gasteiger partial charge in [0, 0.05) is 17.5 Å². The van der Waals surface area contributed by atoms with Crippen molar-refractivity contribution >= 4 is 11.6 Å². The molecule has 0 saturated carbocycles. The molecule has 0 unspecified atom stereocenters. The summed E-state index contributed by atoms with van der Waals surface area (Å²) >= 11 is 0. The lowest BCUT2D eigenvalue weighted by Gasteiger charge is -2.11. The van der Waals surface area contributed by atoms with Crippen LogP contribution >= 0.6 is 0 Å². The summed E-state index contributed by atoms with van der Waals surface area (Å²) in [5, 5.41) is 7.50. The van der Waals surface area contributed by atoms with E-state index in [2.05, 4.69) is 0 Å². The molecule has 1 aromatic carbocycles. The SMILES string of the molecule is Cc1cc(C(=N)N)c2c(c1C)C(=O)CC2. The summed E-state index contributed by atoms with van der Waals surface area (Å²) in [6.07, 6.45) is 1.28. The summed E-state index contributed by atoms with van der Waals surface area (Å²) in [5.41, 5.74) is 10.1. The Morgan fingerprint density at radius 1 is 1.40 bits per heavy atom. The summed E-state index contributed by atoms with van der Waals surface area (Å²) in [5.74, 6) is 0.248. The average Bonchev–Trinajstić information content (AvgIpc) is 2.54. The lowest BCUT2D eigenvalue weighted by molar-refractivity contribution is 0.0994. The molecule has 15 heavy (non-hydrogen) atoms. The molecular formula is C12H14N2O. The van der Waals surface area contributed by atoms with Crippen molar-refractivity contribution in [2.75, 3.05) is 0 Å². The molecule has 0 amide bonds. The number of nitrogens with one attached hydrogen (secondary N) is 1. The maximum atomic E-state index is 11.7. The zero-order chi connectivity index (χ0) is 11.2. The molecule has 78 valence electrons. The Hall–Kier alpha value is -1.64. The summed E-state index contributed by atoms with van der Waals surface area (Å²) in [4.78, 5) is 11.7. The molecule has 0 aliphatic heterocycles. The monoisotopic (exact) mass is 202 g/mol. The third-order valence-electron chi connectivity index (χ3n) is 3.13. The first kappa shape index (κ1) is 9.90.